The first kappa shape index (κ1) is 19.9. The number of halogens is 1. The molecular formula is C18H24BrN3O5. The fourth-order valence-corrected chi connectivity index (χ4v) is 3.84. The van der Waals surface area contributed by atoms with Crippen molar-refractivity contribution in [3.8, 4) is 5.75 Å². The number of benzene rings is 1. The van der Waals surface area contributed by atoms with E-state index in [1.807, 2.05) is 20.8 Å². The lowest BCUT2D eigenvalue weighted by Gasteiger charge is -2.42. The molecule has 8 nitrogen and oxygen atoms in total. The summed E-state index contributed by atoms with van der Waals surface area (Å²) in [7, 11) is 0. The molecule has 0 aliphatic carbocycles. The second kappa shape index (κ2) is 7.63. The lowest BCUT2D eigenvalue weighted by atomic mass is 10.0. The Morgan fingerprint density at radius 1 is 1.37 bits per heavy atom. The maximum absolute atomic E-state index is 12.4. The molecule has 1 fully saturated rings. The van der Waals surface area contributed by atoms with Crippen molar-refractivity contribution in [3.63, 3.8) is 0 Å². The highest BCUT2D eigenvalue weighted by Crippen LogP contribution is 2.35. The second-order valence-electron chi connectivity index (χ2n) is 7.86. The van der Waals surface area contributed by atoms with Crippen LogP contribution in [-0.4, -0.2) is 58.7 Å². The summed E-state index contributed by atoms with van der Waals surface area (Å²) in [5, 5.41) is 11.2. The summed E-state index contributed by atoms with van der Waals surface area (Å²) < 4.78 is 11.8. The lowest BCUT2D eigenvalue weighted by molar-refractivity contribution is -0.385. The Bertz CT molecular complexity index is 749. The molecule has 2 aliphatic rings. The third-order valence-corrected chi connectivity index (χ3v) is 5.30. The van der Waals surface area contributed by atoms with Crippen LogP contribution >= 0.6 is 15.9 Å². The van der Waals surface area contributed by atoms with Crippen molar-refractivity contribution in [1.82, 2.24) is 9.80 Å². The van der Waals surface area contributed by atoms with Gasteiger partial charge in [-0.25, -0.2) is 4.79 Å². The van der Waals surface area contributed by atoms with Crippen LogP contribution in [0.15, 0.2) is 16.6 Å². The van der Waals surface area contributed by atoms with Gasteiger partial charge in [-0.2, -0.15) is 0 Å². The summed E-state index contributed by atoms with van der Waals surface area (Å²) in [4.78, 5) is 27.2. The standard InChI is InChI=1S/C18H24BrN3O5/c1-18(2,3)27-17(23)21-6-5-20-10-12-8-15(22(24)25)14(19)9-16(12)26-7-4-13(20)11-21/h8-9,13H,4-7,10-11H2,1-3H3/t13-/m1/s1. The maximum Gasteiger partial charge on any atom is 0.410 e. The van der Waals surface area contributed by atoms with E-state index in [2.05, 4.69) is 20.8 Å². The van der Waals surface area contributed by atoms with Crippen LogP contribution in [0.5, 0.6) is 5.75 Å². The zero-order chi connectivity index (χ0) is 19.8. The molecule has 3 rings (SSSR count). The highest BCUT2D eigenvalue weighted by Gasteiger charge is 2.33. The minimum Gasteiger partial charge on any atom is -0.493 e. The highest BCUT2D eigenvalue weighted by molar-refractivity contribution is 9.10. The van der Waals surface area contributed by atoms with Crippen molar-refractivity contribution in [2.45, 2.75) is 45.4 Å². The lowest BCUT2D eigenvalue weighted by Crippen LogP contribution is -2.55. The monoisotopic (exact) mass is 441 g/mol. The van der Waals surface area contributed by atoms with Crippen LogP contribution in [-0.2, 0) is 11.3 Å². The number of hydrogen-bond donors (Lipinski definition) is 0. The second-order valence-corrected chi connectivity index (χ2v) is 8.71. The molecule has 1 amide bonds. The fourth-order valence-electron chi connectivity index (χ4n) is 3.38. The van der Waals surface area contributed by atoms with Crippen LogP contribution in [0.2, 0.25) is 0 Å². The minimum absolute atomic E-state index is 0.0295. The van der Waals surface area contributed by atoms with Gasteiger partial charge in [-0.3, -0.25) is 15.0 Å². The number of nitrogens with zero attached hydrogens (tertiary/aromatic N) is 3. The molecule has 0 radical (unpaired) electrons. The Hall–Kier alpha value is -1.87. The number of ether oxygens (including phenoxy) is 2. The maximum atomic E-state index is 12.4. The van der Waals surface area contributed by atoms with E-state index in [-0.39, 0.29) is 17.8 Å². The van der Waals surface area contributed by atoms with Gasteiger partial charge < -0.3 is 14.4 Å². The molecule has 0 N–H and O–H groups in total. The van der Waals surface area contributed by atoms with Crippen LogP contribution in [0.25, 0.3) is 0 Å². The number of carbonyl (C=O) groups is 1. The molecule has 2 aliphatic heterocycles. The molecule has 1 saturated heterocycles. The topological polar surface area (TPSA) is 85.2 Å². The van der Waals surface area contributed by atoms with E-state index < -0.39 is 10.5 Å². The van der Waals surface area contributed by atoms with Crippen LogP contribution in [0.4, 0.5) is 10.5 Å². The van der Waals surface area contributed by atoms with Crippen molar-refractivity contribution in [1.29, 1.82) is 0 Å². The Balaban J connectivity index is 1.76. The minimum atomic E-state index is -0.524. The van der Waals surface area contributed by atoms with Crippen molar-refractivity contribution in [2.24, 2.45) is 0 Å². The van der Waals surface area contributed by atoms with Crippen LogP contribution in [0.1, 0.15) is 32.8 Å². The summed E-state index contributed by atoms with van der Waals surface area (Å²) in [6.45, 7) is 8.42. The van der Waals surface area contributed by atoms with E-state index in [4.69, 9.17) is 9.47 Å². The first-order chi connectivity index (χ1) is 12.6. The Morgan fingerprint density at radius 2 is 2.11 bits per heavy atom. The molecule has 1 atom stereocenters. The van der Waals surface area contributed by atoms with Crippen molar-refractivity contribution in [2.75, 3.05) is 26.2 Å². The Labute approximate surface area is 166 Å². The fraction of sp³-hybridized carbons (Fsp3) is 0.611. The van der Waals surface area contributed by atoms with Gasteiger partial charge in [0.1, 0.15) is 11.4 Å². The van der Waals surface area contributed by atoms with Gasteiger partial charge in [0.15, 0.2) is 0 Å². The summed E-state index contributed by atoms with van der Waals surface area (Å²) in [5.74, 6) is 0.667. The molecule has 0 aromatic heterocycles. The van der Waals surface area contributed by atoms with Crippen molar-refractivity contribution < 1.29 is 19.2 Å². The summed E-state index contributed by atoms with van der Waals surface area (Å²) >= 11 is 3.24. The number of piperazine rings is 1. The molecule has 9 heteroatoms. The number of rotatable bonds is 1. The Morgan fingerprint density at radius 3 is 2.78 bits per heavy atom. The molecule has 2 heterocycles. The van der Waals surface area contributed by atoms with Gasteiger partial charge in [-0.05, 0) is 43.1 Å². The van der Waals surface area contributed by atoms with Crippen LogP contribution < -0.4 is 4.74 Å². The molecule has 0 bridgehead atoms. The number of carbonyl (C=O) groups excluding carboxylic acids is 1. The van der Waals surface area contributed by atoms with E-state index in [0.29, 0.717) is 43.0 Å². The first-order valence-corrected chi connectivity index (χ1v) is 9.75. The average molecular weight is 442 g/mol. The molecule has 1 aromatic carbocycles. The average Bonchev–Trinajstić information content (AvgIpc) is 2.54. The molecule has 27 heavy (non-hydrogen) atoms. The molecule has 148 valence electrons. The van der Waals surface area contributed by atoms with E-state index in [0.717, 1.165) is 12.0 Å². The number of amides is 1. The summed E-state index contributed by atoms with van der Waals surface area (Å²) in [5.41, 5.74) is 0.297. The SMILES string of the molecule is CC(C)(C)OC(=O)N1CCN2Cc3cc([N+](=O)[O-])c(Br)cc3OCC[C@@H]2C1. The van der Waals surface area contributed by atoms with Crippen LogP contribution in [0, 0.1) is 10.1 Å². The van der Waals surface area contributed by atoms with Gasteiger partial charge in [-0.1, -0.05) is 0 Å². The summed E-state index contributed by atoms with van der Waals surface area (Å²) in [6.07, 6.45) is 0.470. The quantitative estimate of drug-likeness (QED) is 0.489. The molecule has 0 saturated carbocycles. The summed E-state index contributed by atoms with van der Waals surface area (Å²) in [6, 6.07) is 3.37. The zero-order valence-corrected chi connectivity index (χ0v) is 17.3. The van der Waals surface area contributed by atoms with Crippen molar-refractivity contribution in [3.05, 3.63) is 32.3 Å². The predicted octanol–water partition coefficient (Wildman–Crippen LogP) is 3.56. The molecular weight excluding hydrogens is 418 g/mol. The third-order valence-electron chi connectivity index (χ3n) is 4.67. The number of nitro benzene ring substituents is 1. The van der Waals surface area contributed by atoms with Gasteiger partial charge in [-0.15, -0.1) is 0 Å². The normalized spacial score (nSPS) is 20.6. The number of fused-ring (bicyclic) bond motifs is 2. The highest BCUT2D eigenvalue weighted by atomic mass is 79.9. The largest absolute Gasteiger partial charge is 0.493 e. The van der Waals surface area contributed by atoms with Gasteiger partial charge in [0.2, 0.25) is 0 Å². The van der Waals surface area contributed by atoms with Crippen LogP contribution in [0.3, 0.4) is 0 Å². The zero-order valence-electron chi connectivity index (χ0n) is 15.7. The molecule has 0 spiro atoms. The number of hydrogen-bond acceptors (Lipinski definition) is 6. The smallest absolute Gasteiger partial charge is 0.410 e. The van der Waals surface area contributed by atoms with E-state index in [1.54, 1.807) is 17.0 Å². The first-order valence-electron chi connectivity index (χ1n) is 8.95. The van der Waals surface area contributed by atoms with Gasteiger partial charge in [0.05, 0.1) is 16.0 Å². The van der Waals surface area contributed by atoms with Crippen molar-refractivity contribution >= 4 is 27.7 Å². The van der Waals surface area contributed by atoms with E-state index >= 15 is 0 Å². The van der Waals surface area contributed by atoms with E-state index in [9.17, 15) is 14.9 Å². The Kier molecular flexibility index (Phi) is 5.62. The molecule has 0 unspecified atom stereocenters. The molecule has 1 aromatic rings. The van der Waals surface area contributed by atoms with Gasteiger partial charge >= 0.3 is 6.09 Å². The van der Waals surface area contributed by atoms with Gasteiger partial charge in [0.25, 0.3) is 5.69 Å². The van der Waals surface area contributed by atoms with Gasteiger partial charge in [0, 0.05) is 49.9 Å². The third kappa shape index (κ3) is 4.70. The van der Waals surface area contributed by atoms with E-state index in [1.165, 1.54) is 0 Å². The predicted molar refractivity (Wildman–Crippen MR) is 103 cm³/mol. The number of nitro groups is 1.